The maximum atomic E-state index is 12.3. The normalized spacial score (nSPS) is 13.9. The van der Waals surface area contributed by atoms with E-state index in [-0.39, 0.29) is 5.91 Å². The van der Waals surface area contributed by atoms with Crippen LogP contribution in [0.2, 0.25) is 0 Å². The first kappa shape index (κ1) is 13.4. The molecule has 1 aromatic heterocycles. The Morgan fingerprint density at radius 1 is 1.35 bits per heavy atom. The van der Waals surface area contributed by atoms with Gasteiger partial charge in [0.2, 0.25) is 0 Å². The molecular weight excluding hydrogens is 320 g/mol. The molecule has 1 aromatic carbocycles. The Morgan fingerprint density at radius 3 is 2.95 bits per heavy atom. The van der Waals surface area contributed by atoms with Crippen LogP contribution in [0, 0.1) is 6.92 Å². The molecule has 0 saturated carbocycles. The maximum absolute atomic E-state index is 12.3. The van der Waals surface area contributed by atoms with Crippen molar-refractivity contribution in [2.24, 2.45) is 0 Å². The number of aryl methyl sites for hydroxylation is 2. The van der Waals surface area contributed by atoms with Gasteiger partial charge in [-0.05, 0) is 49.9 Å². The number of benzene rings is 1. The summed E-state index contributed by atoms with van der Waals surface area (Å²) in [6.07, 6.45) is 3.95. The third-order valence-corrected chi connectivity index (χ3v) is 4.10. The van der Waals surface area contributed by atoms with Crippen molar-refractivity contribution in [3.63, 3.8) is 0 Å². The summed E-state index contributed by atoms with van der Waals surface area (Å²) in [5.41, 5.74) is 3.21. The summed E-state index contributed by atoms with van der Waals surface area (Å²) >= 11 is 3.41. The monoisotopic (exact) mass is 334 g/mol. The van der Waals surface area contributed by atoms with Crippen LogP contribution in [-0.4, -0.2) is 11.1 Å². The number of rotatable bonds is 2. The predicted octanol–water partition coefficient (Wildman–Crippen LogP) is 3.88. The van der Waals surface area contributed by atoms with Crippen LogP contribution in [0.5, 0.6) is 0 Å². The first-order valence-corrected chi connectivity index (χ1v) is 7.49. The van der Waals surface area contributed by atoms with Crippen LogP contribution in [0.4, 0.5) is 5.69 Å². The summed E-state index contributed by atoms with van der Waals surface area (Å²) in [5.74, 6) is 0.677. The summed E-state index contributed by atoms with van der Waals surface area (Å²) in [5, 5.41) is 6.85. The van der Waals surface area contributed by atoms with Gasteiger partial charge < -0.3 is 9.84 Å². The van der Waals surface area contributed by atoms with Gasteiger partial charge in [0.1, 0.15) is 5.76 Å². The van der Waals surface area contributed by atoms with Gasteiger partial charge in [0.25, 0.3) is 5.91 Å². The predicted molar refractivity (Wildman–Crippen MR) is 80.0 cm³/mol. The van der Waals surface area contributed by atoms with Crippen LogP contribution in [-0.2, 0) is 12.8 Å². The fraction of sp³-hybridized carbons (Fsp3) is 0.333. The maximum Gasteiger partial charge on any atom is 0.278 e. The van der Waals surface area contributed by atoms with E-state index in [1.165, 1.54) is 0 Å². The topological polar surface area (TPSA) is 55.1 Å². The number of amides is 1. The van der Waals surface area contributed by atoms with Gasteiger partial charge in [-0.2, -0.15) is 0 Å². The molecule has 1 aliphatic rings. The van der Waals surface area contributed by atoms with Crippen molar-refractivity contribution in [1.29, 1.82) is 0 Å². The molecule has 0 aliphatic heterocycles. The molecule has 0 atom stereocenters. The molecule has 4 nitrogen and oxygen atoms in total. The van der Waals surface area contributed by atoms with Gasteiger partial charge in [0.05, 0.1) is 0 Å². The van der Waals surface area contributed by atoms with Gasteiger partial charge in [-0.3, -0.25) is 4.79 Å². The molecular formula is C15H15BrN2O2. The number of fused-ring (bicyclic) bond motifs is 1. The van der Waals surface area contributed by atoms with Crippen molar-refractivity contribution in [2.75, 3.05) is 5.32 Å². The van der Waals surface area contributed by atoms with Gasteiger partial charge in [0.15, 0.2) is 5.69 Å². The highest BCUT2D eigenvalue weighted by Crippen LogP contribution is 2.26. The quantitative estimate of drug-likeness (QED) is 0.906. The lowest BCUT2D eigenvalue weighted by molar-refractivity contribution is 0.101. The lowest BCUT2D eigenvalue weighted by Gasteiger charge is -2.10. The highest BCUT2D eigenvalue weighted by atomic mass is 79.9. The molecule has 3 rings (SSSR count). The Kier molecular flexibility index (Phi) is 3.61. The molecule has 0 radical (unpaired) electrons. The molecule has 0 bridgehead atoms. The number of nitrogens with zero attached hydrogens (tertiary/aromatic N) is 1. The molecule has 0 unspecified atom stereocenters. The van der Waals surface area contributed by atoms with Gasteiger partial charge >= 0.3 is 0 Å². The highest BCUT2D eigenvalue weighted by Gasteiger charge is 2.24. The second kappa shape index (κ2) is 5.40. The molecule has 1 amide bonds. The molecule has 0 saturated heterocycles. The molecule has 1 aliphatic carbocycles. The number of halogens is 1. The molecule has 20 heavy (non-hydrogen) atoms. The third-order valence-electron chi connectivity index (χ3n) is 3.60. The van der Waals surface area contributed by atoms with Crippen molar-refractivity contribution in [1.82, 2.24) is 5.16 Å². The standard InChI is InChI=1S/C15H15BrN2O2/c1-9-8-10(16)6-7-12(9)17-15(19)14-11-4-2-3-5-13(11)20-18-14/h6-8H,2-5H2,1H3,(H,17,19). The van der Waals surface area contributed by atoms with Crippen LogP contribution in [0.3, 0.4) is 0 Å². The Hall–Kier alpha value is -1.62. The lowest BCUT2D eigenvalue weighted by Crippen LogP contribution is -2.16. The van der Waals surface area contributed by atoms with Crippen molar-refractivity contribution in [3.05, 3.63) is 45.3 Å². The summed E-state index contributed by atoms with van der Waals surface area (Å²) in [6, 6.07) is 5.75. The van der Waals surface area contributed by atoms with Crippen LogP contribution in [0.15, 0.2) is 27.2 Å². The molecule has 104 valence electrons. The fourth-order valence-corrected chi connectivity index (χ4v) is 2.99. The fourth-order valence-electron chi connectivity index (χ4n) is 2.51. The average Bonchev–Trinajstić information content (AvgIpc) is 2.86. The van der Waals surface area contributed by atoms with Crippen molar-refractivity contribution < 1.29 is 9.32 Å². The Bertz CT molecular complexity index is 664. The number of aromatic nitrogens is 1. The van der Waals surface area contributed by atoms with Crippen LogP contribution < -0.4 is 5.32 Å². The van der Waals surface area contributed by atoms with Crippen LogP contribution in [0.1, 0.15) is 40.2 Å². The van der Waals surface area contributed by atoms with E-state index in [4.69, 9.17) is 4.52 Å². The van der Waals surface area contributed by atoms with Gasteiger partial charge in [-0.15, -0.1) is 0 Å². The number of carbonyl (C=O) groups excluding carboxylic acids is 1. The molecule has 0 spiro atoms. The van der Waals surface area contributed by atoms with E-state index in [1.54, 1.807) is 0 Å². The van der Waals surface area contributed by atoms with Crippen molar-refractivity contribution in [2.45, 2.75) is 32.6 Å². The molecule has 0 fully saturated rings. The van der Waals surface area contributed by atoms with Crippen LogP contribution in [0.25, 0.3) is 0 Å². The summed E-state index contributed by atoms with van der Waals surface area (Å²) in [7, 11) is 0. The zero-order valence-electron chi connectivity index (χ0n) is 11.2. The molecule has 2 aromatic rings. The zero-order valence-corrected chi connectivity index (χ0v) is 12.8. The number of anilines is 1. The number of carbonyl (C=O) groups is 1. The second-order valence-electron chi connectivity index (χ2n) is 5.05. The van der Waals surface area contributed by atoms with Gasteiger partial charge in [0, 0.05) is 22.1 Å². The largest absolute Gasteiger partial charge is 0.360 e. The Morgan fingerprint density at radius 2 is 2.15 bits per heavy atom. The number of hydrogen-bond acceptors (Lipinski definition) is 3. The smallest absolute Gasteiger partial charge is 0.278 e. The molecule has 1 N–H and O–H groups in total. The Balaban J connectivity index is 1.84. The zero-order chi connectivity index (χ0) is 14.1. The summed E-state index contributed by atoms with van der Waals surface area (Å²) < 4.78 is 6.27. The minimum atomic E-state index is -0.192. The second-order valence-corrected chi connectivity index (χ2v) is 5.97. The van der Waals surface area contributed by atoms with E-state index >= 15 is 0 Å². The SMILES string of the molecule is Cc1cc(Br)ccc1NC(=O)c1noc2c1CCCC2. The summed E-state index contributed by atoms with van der Waals surface area (Å²) in [6.45, 7) is 1.96. The van der Waals surface area contributed by atoms with E-state index < -0.39 is 0 Å². The first-order valence-electron chi connectivity index (χ1n) is 6.70. The number of nitrogens with one attached hydrogen (secondary N) is 1. The van der Waals surface area contributed by atoms with E-state index in [2.05, 4.69) is 26.4 Å². The molecule has 1 heterocycles. The van der Waals surface area contributed by atoms with Crippen LogP contribution >= 0.6 is 15.9 Å². The van der Waals surface area contributed by atoms with Crippen molar-refractivity contribution in [3.8, 4) is 0 Å². The number of hydrogen-bond donors (Lipinski definition) is 1. The van der Waals surface area contributed by atoms with E-state index in [0.29, 0.717) is 5.69 Å². The average molecular weight is 335 g/mol. The van der Waals surface area contributed by atoms with Gasteiger partial charge in [-0.25, -0.2) is 0 Å². The minimum Gasteiger partial charge on any atom is -0.360 e. The van der Waals surface area contributed by atoms with E-state index in [0.717, 1.165) is 52.7 Å². The first-order chi connectivity index (χ1) is 9.65. The highest BCUT2D eigenvalue weighted by molar-refractivity contribution is 9.10. The van der Waals surface area contributed by atoms with Gasteiger partial charge in [-0.1, -0.05) is 21.1 Å². The third kappa shape index (κ3) is 2.50. The minimum absolute atomic E-state index is 0.192. The van der Waals surface area contributed by atoms with E-state index in [1.807, 2.05) is 25.1 Å². The lowest BCUT2D eigenvalue weighted by atomic mass is 9.96. The summed E-state index contributed by atoms with van der Waals surface area (Å²) in [4.78, 5) is 12.3. The van der Waals surface area contributed by atoms with Crippen molar-refractivity contribution >= 4 is 27.5 Å². The van der Waals surface area contributed by atoms with E-state index in [9.17, 15) is 4.79 Å². The molecule has 5 heteroatoms. The Labute approximate surface area is 125 Å².